The molecular weight excluding hydrogens is 312 g/mol. The van der Waals surface area contributed by atoms with Crippen molar-refractivity contribution in [1.82, 2.24) is 14.1 Å². The van der Waals surface area contributed by atoms with Crippen molar-refractivity contribution in [1.29, 1.82) is 0 Å². The van der Waals surface area contributed by atoms with E-state index in [2.05, 4.69) is 15.0 Å². The number of nitrogens with one attached hydrogen (secondary N) is 2. The number of rotatable bonds is 8. The van der Waals surface area contributed by atoms with Crippen LogP contribution in [0.25, 0.3) is 4.96 Å². The molecule has 0 aliphatic carbocycles. The Labute approximate surface area is 128 Å². The second kappa shape index (κ2) is 6.73. The first kappa shape index (κ1) is 16.2. The van der Waals surface area contributed by atoms with Crippen molar-refractivity contribution in [2.75, 3.05) is 32.1 Å². The monoisotopic (exact) mass is 332 g/mol. The number of hydrogen-bond donors (Lipinski definition) is 2. The van der Waals surface area contributed by atoms with Gasteiger partial charge < -0.3 is 10.1 Å². The molecule has 2 rings (SSSR count). The minimum atomic E-state index is -3.64. The maximum absolute atomic E-state index is 12.4. The van der Waals surface area contributed by atoms with Gasteiger partial charge in [-0.25, -0.2) is 18.1 Å². The molecule has 2 aromatic rings. The maximum Gasteiger partial charge on any atom is 0.260 e. The molecule has 0 fully saturated rings. The molecule has 21 heavy (non-hydrogen) atoms. The standard InChI is InChI=1S/C12H20N4O3S2/c1-9(2)8-19-6-4-14-21(17,18)11-10(13-3)15-12-16(11)5-7-20-12/h5,7,9,13-14H,4,6,8H2,1-3H3. The van der Waals surface area contributed by atoms with Crippen molar-refractivity contribution in [3.05, 3.63) is 11.6 Å². The fourth-order valence-electron chi connectivity index (χ4n) is 1.82. The number of ether oxygens (including phenoxy) is 1. The first-order valence-electron chi connectivity index (χ1n) is 6.66. The summed E-state index contributed by atoms with van der Waals surface area (Å²) < 4.78 is 34.3. The van der Waals surface area contributed by atoms with E-state index >= 15 is 0 Å². The Morgan fingerprint density at radius 2 is 2.24 bits per heavy atom. The first-order chi connectivity index (χ1) is 9.95. The van der Waals surface area contributed by atoms with Crippen molar-refractivity contribution in [3.63, 3.8) is 0 Å². The summed E-state index contributed by atoms with van der Waals surface area (Å²) >= 11 is 1.38. The SMILES string of the molecule is CNc1nc2sccn2c1S(=O)(=O)NCCOCC(C)C. The summed E-state index contributed by atoms with van der Waals surface area (Å²) in [6, 6.07) is 0. The molecule has 0 atom stereocenters. The van der Waals surface area contributed by atoms with Crippen LogP contribution in [0.15, 0.2) is 16.6 Å². The van der Waals surface area contributed by atoms with Crippen LogP contribution in [-0.2, 0) is 14.8 Å². The van der Waals surface area contributed by atoms with Crippen molar-refractivity contribution < 1.29 is 13.2 Å². The Balaban J connectivity index is 2.09. The molecule has 7 nitrogen and oxygen atoms in total. The van der Waals surface area contributed by atoms with Crippen LogP contribution in [0.3, 0.4) is 0 Å². The zero-order valence-corrected chi connectivity index (χ0v) is 13.9. The highest BCUT2D eigenvalue weighted by Crippen LogP contribution is 2.24. The molecule has 2 aromatic heterocycles. The predicted molar refractivity (Wildman–Crippen MR) is 83.5 cm³/mol. The van der Waals surface area contributed by atoms with E-state index in [1.165, 1.54) is 11.3 Å². The van der Waals surface area contributed by atoms with Crippen molar-refractivity contribution >= 4 is 32.1 Å². The van der Waals surface area contributed by atoms with Gasteiger partial charge in [-0.1, -0.05) is 13.8 Å². The normalized spacial score (nSPS) is 12.4. The molecule has 0 unspecified atom stereocenters. The van der Waals surface area contributed by atoms with E-state index in [4.69, 9.17) is 4.74 Å². The third kappa shape index (κ3) is 3.73. The summed E-state index contributed by atoms with van der Waals surface area (Å²) in [5.74, 6) is 0.773. The summed E-state index contributed by atoms with van der Waals surface area (Å²) in [5, 5.41) is 4.75. The average molecular weight is 332 g/mol. The Bertz CT molecular complexity index is 690. The number of nitrogens with zero attached hydrogens (tertiary/aromatic N) is 2. The zero-order valence-electron chi connectivity index (χ0n) is 12.3. The lowest BCUT2D eigenvalue weighted by molar-refractivity contribution is 0.114. The van der Waals surface area contributed by atoms with Crippen molar-refractivity contribution in [2.24, 2.45) is 5.92 Å². The summed E-state index contributed by atoms with van der Waals surface area (Å²) in [5.41, 5.74) is 0. The molecule has 0 amide bonds. The molecule has 118 valence electrons. The number of aromatic nitrogens is 2. The third-order valence-electron chi connectivity index (χ3n) is 2.70. The minimum Gasteiger partial charge on any atom is -0.380 e. The molecule has 0 radical (unpaired) electrons. The molecule has 0 aromatic carbocycles. The molecule has 0 saturated heterocycles. The lowest BCUT2D eigenvalue weighted by Crippen LogP contribution is -2.29. The van der Waals surface area contributed by atoms with Gasteiger partial charge in [-0.2, -0.15) is 0 Å². The Morgan fingerprint density at radius 3 is 2.90 bits per heavy atom. The molecule has 0 spiro atoms. The van der Waals surface area contributed by atoms with Crippen LogP contribution in [0.1, 0.15) is 13.8 Å². The lowest BCUT2D eigenvalue weighted by Gasteiger charge is -2.09. The quantitative estimate of drug-likeness (QED) is 0.714. The fraction of sp³-hybridized carbons (Fsp3) is 0.583. The van der Waals surface area contributed by atoms with Crippen molar-refractivity contribution in [3.8, 4) is 0 Å². The van der Waals surface area contributed by atoms with Crippen LogP contribution < -0.4 is 10.0 Å². The molecule has 2 N–H and O–H groups in total. The van der Waals surface area contributed by atoms with Crippen LogP contribution in [0, 0.1) is 5.92 Å². The van der Waals surface area contributed by atoms with E-state index in [0.29, 0.717) is 29.9 Å². The van der Waals surface area contributed by atoms with E-state index in [9.17, 15) is 8.42 Å². The average Bonchev–Trinajstić information content (AvgIpc) is 2.96. The largest absolute Gasteiger partial charge is 0.380 e. The highest BCUT2D eigenvalue weighted by Gasteiger charge is 2.24. The van der Waals surface area contributed by atoms with Gasteiger partial charge in [-0.15, -0.1) is 11.3 Å². The number of hydrogen-bond acceptors (Lipinski definition) is 6. The zero-order chi connectivity index (χ0) is 15.5. The van der Waals surface area contributed by atoms with E-state index in [1.807, 2.05) is 13.8 Å². The van der Waals surface area contributed by atoms with Gasteiger partial charge in [-0.05, 0) is 5.92 Å². The van der Waals surface area contributed by atoms with Crippen LogP contribution in [0.5, 0.6) is 0 Å². The smallest absolute Gasteiger partial charge is 0.260 e. The molecular formula is C12H20N4O3S2. The summed E-state index contributed by atoms with van der Waals surface area (Å²) in [7, 11) is -1.99. The highest BCUT2D eigenvalue weighted by molar-refractivity contribution is 7.89. The maximum atomic E-state index is 12.4. The van der Waals surface area contributed by atoms with Gasteiger partial charge in [0.2, 0.25) is 0 Å². The van der Waals surface area contributed by atoms with Gasteiger partial charge in [0.25, 0.3) is 10.0 Å². The topological polar surface area (TPSA) is 84.7 Å². The van der Waals surface area contributed by atoms with Gasteiger partial charge >= 0.3 is 0 Å². The van der Waals surface area contributed by atoms with Gasteiger partial charge in [0.05, 0.1) is 6.61 Å². The van der Waals surface area contributed by atoms with Crippen LogP contribution in [0.2, 0.25) is 0 Å². The van der Waals surface area contributed by atoms with E-state index < -0.39 is 10.0 Å². The van der Waals surface area contributed by atoms with Crippen LogP contribution >= 0.6 is 11.3 Å². The van der Waals surface area contributed by atoms with E-state index in [-0.39, 0.29) is 11.6 Å². The van der Waals surface area contributed by atoms with Gasteiger partial charge in [0.15, 0.2) is 15.8 Å². The molecule has 0 aliphatic rings. The Kier molecular flexibility index (Phi) is 5.20. The third-order valence-corrected chi connectivity index (χ3v) is 4.94. The molecule has 2 heterocycles. The number of fused-ring (bicyclic) bond motifs is 1. The first-order valence-corrected chi connectivity index (χ1v) is 9.02. The second-order valence-electron chi connectivity index (χ2n) is 4.94. The molecule has 0 aliphatic heterocycles. The van der Waals surface area contributed by atoms with Gasteiger partial charge in [0, 0.05) is 31.8 Å². The number of sulfonamides is 1. The number of thiazole rings is 1. The fourth-order valence-corrected chi connectivity index (χ4v) is 3.89. The van der Waals surface area contributed by atoms with Crippen LogP contribution in [0.4, 0.5) is 5.82 Å². The minimum absolute atomic E-state index is 0.130. The predicted octanol–water partition coefficient (Wildman–Crippen LogP) is 1.39. The molecule has 0 bridgehead atoms. The highest BCUT2D eigenvalue weighted by atomic mass is 32.2. The van der Waals surface area contributed by atoms with Crippen molar-refractivity contribution in [2.45, 2.75) is 18.9 Å². The lowest BCUT2D eigenvalue weighted by atomic mass is 10.2. The molecule has 9 heteroatoms. The summed E-state index contributed by atoms with van der Waals surface area (Å²) in [4.78, 5) is 4.88. The Hall–Kier alpha value is -1.16. The Morgan fingerprint density at radius 1 is 1.48 bits per heavy atom. The van der Waals surface area contributed by atoms with E-state index in [1.54, 1.807) is 23.0 Å². The van der Waals surface area contributed by atoms with Crippen LogP contribution in [-0.4, -0.2) is 44.6 Å². The summed E-state index contributed by atoms with van der Waals surface area (Å²) in [6.45, 7) is 5.28. The number of imidazole rings is 1. The van der Waals surface area contributed by atoms with Gasteiger partial charge in [0.1, 0.15) is 0 Å². The van der Waals surface area contributed by atoms with Gasteiger partial charge in [-0.3, -0.25) is 4.40 Å². The number of anilines is 1. The second-order valence-corrected chi connectivity index (χ2v) is 7.49. The summed E-state index contributed by atoms with van der Waals surface area (Å²) in [6.07, 6.45) is 1.69. The molecule has 0 saturated carbocycles. The van der Waals surface area contributed by atoms with E-state index in [0.717, 1.165) is 0 Å².